The molecule has 0 fully saturated rings. The van der Waals surface area contributed by atoms with Gasteiger partial charge in [-0.3, -0.25) is 5.32 Å². The van der Waals surface area contributed by atoms with Gasteiger partial charge in [-0.15, -0.1) is 6.42 Å². The first-order valence-electron chi connectivity index (χ1n) is 5.33. The minimum absolute atomic E-state index is 0.175. The predicted molar refractivity (Wildman–Crippen MR) is 61.3 cm³/mol. The zero-order chi connectivity index (χ0) is 12.9. The summed E-state index contributed by atoms with van der Waals surface area (Å²) in [6, 6.07) is 5.41. The van der Waals surface area contributed by atoms with Crippen molar-refractivity contribution in [3.05, 3.63) is 35.9 Å². The molecule has 0 spiro atoms. The normalized spacial score (nSPS) is 15.0. The first-order valence-corrected chi connectivity index (χ1v) is 5.33. The highest BCUT2D eigenvalue weighted by Gasteiger charge is 2.41. The number of terminal acetylenes is 1. The molecule has 0 saturated heterocycles. The third-order valence-electron chi connectivity index (χ3n) is 2.44. The number of hydrogen-bond acceptors (Lipinski definition) is 1. The van der Waals surface area contributed by atoms with Crippen molar-refractivity contribution in [2.24, 2.45) is 0 Å². The van der Waals surface area contributed by atoms with Crippen LogP contribution < -0.4 is 5.32 Å². The molecule has 1 aromatic carbocycles. The van der Waals surface area contributed by atoms with Gasteiger partial charge in [-0.1, -0.05) is 43.2 Å². The van der Waals surface area contributed by atoms with Crippen LogP contribution in [0.5, 0.6) is 0 Å². The molecule has 92 valence electrons. The van der Waals surface area contributed by atoms with Gasteiger partial charge in [-0.25, -0.2) is 0 Å². The monoisotopic (exact) mass is 241 g/mol. The lowest BCUT2D eigenvalue weighted by Gasteiger charge is -2.24. The maximum absolute atomic E-state index is 12.9. The van der Waals surface area contributed by atoms with Gasteiger partial charge in [0.25, 0.3) is 0 Å². The fraction of sp³-hybridized carbons (Fsp3) is 0.385. The molecule has 0 aliphatic heterocycles. The van der Waals surface area contributed by atoms with Crippen molar-refractivity contribution in [3.8, 4) is 12.3 Å². The van der Waals surface area contributed by atoms with Gasteiger partial charge in [-0.05, 0) is 12.0 Å². The number of halogens is 3. The van der Waals surface area contributed by atoms with Crippen LogP contribution in [0.2, 0.25) is 0 Å². The third-order valence-corrected chi connectivity index (χ3v) is 2.44. The molecular formula is C13H14F3N. The van der Waals surface area contributed by atoms with E-state index in [2.05, 4.69) is 11.2 Å². The molecule has 0 aromatic heterocycles. The minimum atomic E-state index is -4.36. The minimum Gasteiger partial charge on any atom is -0.289 e. The molecule has 4 heteroatoms. The van der Waals surface area contributed by atoms with E-state index >= 15 is 0 Å². The van der Waals surface area contributed by atoms with Crippen LogP contribution >= 0.6 is 0 Å². The topological polar surface area (TPSA) is 12.0 Å². The van der Waals surface area contributed by atoms with Gasteiger partial charge >= 0.3 is 6.18 Å². The Morgan fingerprint density at radius 2 is 1.88 bits per heavy atom. The van der Waals surface area contributed by atoms with Gasteiger partial charge in [0.15, 0.2) is 0 Å². The molecule has 0 aliphatic rings. The lowest BCUT2D eigenvalue weighted by Crippen LogP contribution is -2.39. The largest absolute Gasteiger partial charge is 0.407 e. The summed E-state index contributed by atoms with van der Waals surface area (Å²) >= 11 is 0. The molecular weight excluding hydrogens is 227 g/mol. The van der Waals surface area contributed by atoms with Gasteiger partial charge in [-0.2, -0.15) is 13.2 Å². The van der Waals surface area contributed by atoms with Crippen LogP contribution in [0.1, 0.15) is 24.9 Å². The number of benzene rings is 1. The summed E-state index contributed by atoms with van der Waals surface area (Å²) in [6.45, 7) is 1.75. The molecule has 17 heavy (non-hydrogen) atoms. The summed E-state index contributed by atoms with van der Waals surface area (Å²) in [6.07, 6.45) is 1.27. The fourth-order valence-corrected chi connectivity index (χ4v) is 1.51. The first kappa shape index (κ1) is 13.6. The Hall–Kier alpha value is -1.47. The van der Waals surface area contributed by atoms with Crippen molar-refractivity contribution in [1.29, 1.82) is 0 Å². The second-order valence-corrected chi connectivity index (χ2v) is 3.68. The average molecular weight is 241 g/mol. The number of nitrogens with one attached hydrogen (secondary N) is 1. The molecule has 0 bridgehead atoms. The number of hydrogen-bond donors (Lipinski definition) is 1. The van der Waals surface area contributed by atoms with E-state index in [9.17, 15) is 13.2 Å². The van der Waals surface area contributed by atoms with Gasteiger partial charge in [0, 0.05) is 0 Å². The van der Waals surface area contributed by atoms with Crippen LogP contribution in [0.3, 0.4) is 0 Å². The van der Waals surface area contributed by atoms with Gasteiger partial charge in [0.2, 0.25) is 0 Å². The fourth-order valence-electron chi connectivity index (χ4n) is 1.51. The highest BCUT2D eigenvalue weighted by molar-refractivity contribution is 5.21. The van der Waals surface area contributed by atoms with Crippen LogP contribution in [-0.2, 0) is 0 Å². The van der Waals surface area contributed by atoms with E-state index in [0.717, 1.165) is 0 Å². The SMILES string of the molecule is C#CC(CC)NC(c1ccccc1)C(F)(F)F. The second kappa shape index (κ2) is 5.74. The Bertz CT molecular complexity index is 378. The summed E-state index contributed by atoms with van der Waals surface area (Å²) in [5.74, 6) is 2.31. The van der Waals surface area contributed by atoms with Crippen molar-refractivity contribution in [2.75, 3.05) is 0 Å². The van der Waals surface area contributed by atoms with Gasteiger partial charge in [0.05, 0.1) is 6.04 Å². The molecule has 1 aromatic rings. The van der Waals surface area contributed by atoms with E-state index in [0.29, 0.717) is 6.42 Å². The van der Waals surface area contributed by atoms with Crippen molar-refractivity contribution >= 4 is 0 Å². The van der Waals surface area contributed by atoms with Crippen LogP contribution in [0, 0.1) is 12.3 Å². The van der Waals surface area contributed by atoms with E-state index < -0.39 is 18.3 Å². The maximum atomic E-state index is 12.9. The van der Waals surface area contributed by atoms with Crippen molar-refractivity contribution in [2.45, 2.75) is 31.6 Å². The summed E-state index contributed by atoms with van der Waals surface area (Å²) in [5, 5.41) is 2.45. The summed E-state index contributed by atoms with van der Waals surface area (Å²) in [4.78, 5) is 0. The Kier molecular flexibility index (Phi) is 4.59. The van der Waals surface area contributed by atoms with Gasteiger partial charge in [0.1, 0.15) is 6.04 Å². The molecule has 1 nitrogen and oxygen atoms in total. The zero-order valence-corrected chi connectivity index (χ0v) is 9.46. The van der Waals surface area contributed by atoms with Crippen LogP contribution in [0.15, 0.2) is 30.3 Å². The highest BCUT2D eigenvalue weighted by Crippen LogP contribution is 2.32. The average Bonchev–Trinajstić information content (AvgIpc) is 2.30. The molecule has 1 N–H and O–H groups in total. The summed E-state index contributed by atoms with van der Waals surface area (Å²) < 4.78 is 38.7. The van der Waals surface area contributed by atoms with E-state index in [4.69, 9.17) is 6.42 Å². The molecule has 2 atom stereocenters. The van der Waals surface area contributed by atoms with Gasteiger partial charge < -0.3 is 0 Å². The standard InChI is InChI=1S/C13H14F3N/c1-3-11(4-2)17-12(13(14,15)16)10-8-6-5-7-9-10/h1,5-9,11-12,17H,4H2,2H3. The molecule has 0 saturated carbocycles. The molecule has 1 rings (SSSR count). The van der Waals surface area contributed by atoms with Crippen LogP contribution in [0.25, 0.3) is 0 Å². The van der Waals surface area contributed by atoms with E-state index in [1.807, 2.05) is 0 Å². The van der Waals surface area contributed by atoms with Crippen molar-refractivity contribution < 1.29 is 13.2 Å². The molecule has 0 aliphatic carbocycles. The van der Waals surface area contributed by atoms with Crippen molar-refractivity contribution in [1.82, 2.24) is 5.32 Å². The molecule has 0 radical (unpaired) electrons. The Labute approximate surface area is 99.0 Å². The lowest BCUT2D eigenvalue weighted by molar-refractivity contribution is -0.158. The molecule has 0 heterocycles. The Morgan fingerprint density at radius 3 is 2.29 bits per heavy atom. The third kappa shape index (κ3) is 3.79. The second-order valence-electron chi connectivity index (χ2n) is 3.68. The summed E-state index contributed by atoms with van der Waals surface area (Å²) in [7, 11) is 0. The maximum Gasteiger partial charge on any atom is 0.407 e. The smallest absolute Gasteiger partial charge is 0.289 e. The zero-order valence-electron chi connectivity index (χ0n) is 9.46. The van der Waals surface area contributed by atoms with Crippen LogP contribution in [0.4, 0.5) is 13.2 Å². The van der Waals surface area contributed by atoms with E-state index in [-0.39, 0.29) is 5.56 Å². The van der Waals surface area contributed by atoms with Crippen LogP contribution in [-0.4, -0.2) is 12.2 Å². The lowest BCUT2D eigenvalue weighted by atomic mass is 10.0. The summed E-state index contributed by atoms with van der Waals surface area (Å²) in [5.41, 5.74) is 0.175. The molecule has 2 unspecified atom stereocenters. The Morgan fingerprint density at radius 1 is 1.29 bits per heavy atom. The molecule has 0 amide bonds. The first-order chi connectivity index (χ1) is 7.99. The van der Waals surface area contributed by atoms with E-state index in [1.165, 1.54) is 12.1 Å². The number of alkyl halides is 3. The Balaban J connectivity index is 2.95. The highest BCUT2D eigenvalue weighted by atomic mass is 19.4. The van der Waals surface area contributed by atoms with E-state index in [1.54, 1.807) is 25.1 Å². The van der Waals surface area contributed by atoms with Crippen molar-refractivity contribution in [3.63, 3.8) is 0 Å². The number of rotatable bonds is 4. The quantitative estimate of drug-likeness (QED) is 0.797. The predicted octanol–water partition coefficient (Wildman–Crippen LogP) is 3.29.